The van der Waals surface area contributed by atoms with Gasteiger partial charge < -0.3 is 0 Å². The Morgan fingerprint density at radius 2 is 1.44 bits per heavy atom. The van der Waals surface area contributed by atoms with Crippen molar-refractivity contribution >= 4 is 0 Å². The van der Waals surface area contributed by atoms with Crippen molar-refractivity contribution in [1.82, 2.24) is 0 Å². The van der Waals surface area contributed by atoms with Crippen LogP contribution < -0.4 is 0 Å². The lowest BCUT2D eigenvalue weighted by atomic mass is 9.61. The van der Waals surface area contributed by atoms with E-state index in [1.54, 1.807) is 19.3 Å². The summed E-state index contributed by atoms with van der Waals surface area (Å²) in [6, 6.07) is 0. The third-order valence-electron chi connectivity index (χ3n) is 8.75. The molecule has 0 heterocycles. The second-order valence-corrected chi connectivity index (χ2v) is 11.1. The van der Waals surface area contributed by atoms with Crippen molar-refractivity contribution < 1.29 is 0 Å². The first-order valence-corrected chi connectivity index (χ1v) is 13.0. The molecule has 0 aromatic rings. The van der Waals surface area contributed by atoms with Gasteiger partial charge in [0.25, 0.3) is 0 Å². The molecule has 2 saturated carbocycles. The van der Waals surface area contributed by atoms with E-state index in [1.165, 1.54) is 64.2 Å². The van der Waals surface area contributed by atoms with Gasteiger partial charge in [-0.25, -0.2) is 0 Å². The lowest BCUT2D eigenvalue weighted by Gasteiger charge is -2.44. The zero-order valence-electron chi connectivity index (χ0n) is 19.8. The summed E-state index contributed by atoms with van der Waals surface area (Å²) >= 11 is 0. The molecule has 0 nitrogen and oxygen atoms in total. The predicted molar refractivity (Wildman–Crippen MR) is 122 cm³/mol. The average molecular weight is 377 g/mol. The van der Waals surface area contributed by atoms with Crippen LogP contribution in [0.15, 0.2) is 0 Å². The zero-order chi connectivity index (χ0) is 19.8. The Morgan fingerprint density at radius 3 is 2.00 bits per heavy atom. The Kier molecular flexibility index (Phi) is 10.2. The summed E-state index contributed by atoms with van der Waals surface area (Å²) in [5.74, 6) is 8.00. The first-order valence-electron chi connectivity index (χ1n) is 13.0. The van der Waals surface area contributed by atoms with Crippen LogP contribution in [-0.4, -0.2) is 0 Å². The summed E-state index contributed by atoms with van der Waals surface area (Å²) in [6.45, 7) is 14.7. The standard InChI is InChI=1S/C27H52/c1-7-24(16-10-20(4)5)26(9-3)27-19-23(15-17-25(27)8-2)18-22-13-11-21(6)12-14-22/h20-27H,7-19H2,1-6H3. The predicted octanol–water partition coefficient (Wildman–Crippen LogP) is 9.13. The molecule has 0 saturated heterocycles. The van der Waals surface area contributed by atoms with E-state index in [2.05, 4.69) is 41.5 Å². The molecule has 0 aliphatic heterocycles. The molecule has 0 aromatic heterocycles. The molecule has 2 fully saturated rings. The largest absolute Gasteiger partial charge is 0.0651 e. The summed E-state index contributed by atoms with van der Waals surface area (Å²) in [5.41, 5.74) is 0. The van der Waals surface area contributed by atoms with Gasteiger partial charge in [0.05, 0.1) is 0 Å². The van der Waals surface area contributed by atoms with Crippen molar-refractivity contribution in [3.05, 3.63) is 0 Å². The minimum atomic E-state index is 0.867. The normalized spacial score (nSPS) is 34.6. The maximum atomic E-state index is 2.50. The Bertz CT molecular complexity index is 375. The highest BCUT2D eigenvalue weighted by atomic mass is 14.4. The summed E-state index contributed by atoms with van der Waals surface area (Å²) in [6.07, 6.45) is 19.4. The molecule has 0 spiro atoms. The van der Waals surface area contributed by atoms with Gasteiger partial charge in [-0.1, -0.05) is 99.3 Å². The van der Waals surface area contributed by atoms with Crippen LogP contribution in [0.4, 0.5) is 0 Å². The summed E-state index contributed by atoms with van der Waals surface area (Å²) in [4.78, 5) is 0. The molecule has 0 heteroatoms. The molecule has 2 rings (SSSR count). The van der Waals surface area contributed by atoms with E-state index in [0.29, 0.717) is 0 Å². The molecule has 5 unspecified atom stereocenters. The van der Waals surface area contributed by atoms with Crippen molar-refractivity contribution in [2.24, 2.45) is 47.3 Å². The highest BCUT2D eigenvalue weighted by Crippen LogP contribution is 2.47. The average Bonchev–Trinajstić information content (AvgIpc) is 2.66. The fourth-order valence-electron chi connectivity index (χ4n) is 6.89. The van der Waals surface area contributed by atoms with Crippen LogP contribution in [0.5, 0.6) is 0 Å². The maximum Gasteiger partial charge on any atom is -0.0352 e. The highest BCUT2D eigenvalue weighted by Gasteiger charge is 2.37. The van der Waals surface area contributed by atoms with Crippen molar-refractivity contribution in [2.45, 2.75) is 125 Å². The van der Waals surface area contributed by atoms with Crippen molar-refractivity contribution in [3.8, 4) is 0 Å². The monoisotopic (exact) mass is 376 g/mol. The summed E-state index contributed by atoms with van der Waals surface area (Å²) in [7, 11) is 0. The number of hydrogen-bond acceptors (Lipinski definition) is 0. The molecule has 5 atom stereocenters. The molecule has 0 aromatic carbocycles. The van der Waals surface area contributed by atoms with Crippen LogP contribution in [0.3, 0.4) is 0 Å². The topological polar surface area (TPSA) is 0 Å². The number of rotatable bonds is 10. The molecular weight excluding hydrogens is 324 g/mol. The van der Waals surface area contributed by atoms with E-state index in [4.69, 9.17) is 0 Å². The minimum absolute atomic E-state index is 0.867. The second kappa shape index (κ2) is 11.9. The van der Waals surface area contributed by atoms with Crippen molar-refractivity contribution in [2.75, 3.05) is 0 Å². The van der Waals surface area contributed by atoms with E-state index in [1.807, 2.05) is 0 Å². The third-order valence-corrected chi connectivity index (χ3v) is 8.75. The molecule has 160 valence electrons. The van der Waals surface area contributed by atoms with Gasteiger partial charge in [0, 0.05) is 0 Å². The van der Waals surface area contributed by atoms with Gasteiger partial charge in [-0.15, -0.1) is 0 Å². The van der Waals surface area contributed by atoms with Crippen LogP contribution in [-0.2, 0) is 0 Å². The molecule has 2 aliphatic carbocycles. The fourth-order valence-corrected chi connectivity index (χ4v) is 6.89. The van der Waals surface area contributed by atoms with Gasteiger partial charge in [0.15, 0.2) is 0 Å². The Balaban J connectivity index is 1.98. The molecule has 0 radical (unpaired) electrons. The molecular formula is C27H52. The van der Waals surface area contributed by atoms with E-state index in [0.717, 1.165) is 47.3 Å². The van der Waals surface area contributed by atoms with Crippen LogP contribution in [0.25, 0.3) is 0 Å². The summed E-state index contributed by atoms with van der Waals surface area (Å²) < 4.78 is 0. The smallest absolute Gasteiger partial charge is 0.0352 e. The minimum Gasteiger partial charge on any atom is -0.0651 e. The molecule has 0 amide bonds. The van der Waals surface area contributed by atoms with Gasteiger partial charge in [-0.2, -0.15) is 0 Å². The maximum absolute atomic E-state index is 2.50. The molecule has 2 aliphatic rings. The molecule has 27 heavy (non-hydrogen) atoms. The SMILES string of the molecule is CCC(CCC(C)C)C(CC)C1CC(CC2CCC(C)CC2)CCC1CC. The van der Waals surface area contributed by atoms with E-state index >= 15 is 0 Å². The van der Waals surface area contributed by atoms with Crippen molar-refractivity contribution in [1.29, 1.82) is 0 Å². The van der Waals surface area contributed by atoms with Gasteiger partial charge in [-0.05, 0) is 73.0 Å². The third kappa shape index (κ3) is 7.08. The zero-order valence-corrected chi connectivity index (χ0v) is 19.8. The number of hydrogen-bond donors (Lipinski definition) is 0. The van der Waals surface area contributed by atoms with Gasteiger partial charge >= 0.3 is 0 Å². The van der Waals surface area contributed by atoms with E-state index in [-0.39, 0.29) is 0 Å². The van der Waals surface area contributed by atoms with E-state index < -0.39 is 0 Å². The van der Waals surface area contributed by atoms with Crippen LogP contribution >= 0.6 is 0 Å². The van der Waals surface area contributed by atoms with E-state index in [9.17, 15) is 0 Å². The Morgan fingerprint density at radius 1 is 0.778 bits per heavy atom. The van der Waals surface area contributed by atoms with Gasteiger partial charge in [-0.3, -0.25) is 0 Å². The lowest BCUT2D eigenvalue weighted by molar-refractivity contribution is 0.0608. The quantitative estimate of drug-likeness (QED) is 0.356. The Hall–Kier alpha value is 0. The fraction of sp³-hybridized carbons (Fsp3) is 1.00. The van der Waals surface area contributed by atoms with Gasteiger partial charge in [0.1, 0.15) is 0 Å². The van der Waals surface area contributed by atoms with Crippen LogP contribution in [0, 0.1) is 47.3 Å². The van der Waals surface area contributed by atoms with Crippen molar-refractivity contribution in [3.63, 3.8) is 0 Å². The summed E-state index contributed by atoms with van der Waals surface area (Å²) in [5, 5.41) is 0. The Labute approximate surface area is 172 Å². The molecule has 0 N–H and O–H groups in total. The second-order valence-electron chi connectivity index (χ2n) is 11.1. The molecule has 0 bridgehead atoms. The van der Waals surface area contributed by atoms with Gasteiger partial charge in [0.2, 0.25) is 0 Å². The first kappa shape index (κ1) is 23.3. The lowest BCUT2D eigenvalue weighted by Crippen LogP contribution is -2.35. The van der Waals surface area contributed by atoms with Crippen LogP contribution in [0.2, 0.25) is 0 Å². The highest BCUT2D eigenvalue weighted by molar-refractivity contribution is 4.88. The van der Waals surface area contributed by atoms with Crippen LogP contribution in [0.1, 0.15) is 125 Å². The first-order chi connectivity index (χ1) is 13.0.